The van der Waals surface area contributed by atoms with Gasteiger partial charge in [0.05, 0.1) is 5.56 Å². The van der Waals surface area contributed by atoms with Crippen LogP contribution in [0, 0.1) is 11.2 Å². The van der Waals surface area contributed by atoms with Crippen LogP contribution in [0.2, 0.25) is 0 Å². The SMILES string of the molecule is CCC1(CNC(=O)c2cc(Br)cc(S(N)(=O)=O)c2F)CC1. The molecule has 1 aromatic carbocycles. The molecule has 0 bridgehead atoms. The van der Waals surface area contributed by atoms with Gasteiger partial charge in [-0.2, -0.15) is 0 Å². The number of hydrogen-bond donors (Lipinski definition) is 2. The number of amides is 1. The zero-order valence-electron chi connectivity index (χ0n) is 11.4. The van der Waals surface area contributed by atoms with E-state index in [-0.39, 0.29) is 15.5 Å². The van der Waals surface area contributed by atoms with Gasteiger partial charge in [-0.3, -0.25) is 4.79 Å². The molecule has 0 aliphatic heterocycles. The van der Waals surface area contributed by atoms with Gasteiger partial charge in [0.2, 0.25) is 10.0 Å². The lowest BCUT2D eigenvalue weighted by Crippen LogP contribution is -2.31. The monoisotopic (exact) mass is 378 g/mol. The molecule has 1 fully saturated rings. The average Bonchev–Trinajstić information content (AvgIpc) is 3.17. The number of carbonyl (C=O) groups is 1. The number of halogens is 2. The summed E-state index contributed by atoms with van der Waals surface area (Å²) < 4.78 is 37.1. The molecule has 1 aromatic rings. The summed E-state index contributed by atoms with van der Waals surface area (Å²) in [5.41, 5.74) is -0.221. The molecule has 1 amide bonds. The number of nitrogens with one attached hydrogen (secondary N) is 1. The average molecular weight is 379 g/mol. The van der Waals surface area contributed by atoms with Crippen LogP contribution in [-0.4, -0.2) is 20.9 Å². The van der Waals surface area contributed by atoms with Crippen LogP contribution in [0.4, 0.5) is 4.39 Å². The number of nitrogens with two attached hydrogens (primary N) is 1. The summed E-state index contributed by atoms with van der Waals surface area (Å²) in [6.07, 6.45) is 3.01. The van der Waals surface area contributed by atoms with Crippen molar-refractivity contribution in [3.63, 3.8) is 0 Å². The molecule has 0 radical (unpaired) electrons. The predicted octanol–water partition coefficient (Wildman–Crippen LogP) is 2.16. The molecule has 0 atom stereocenters. The lowest BCUT2D eigenvalue weighted by molar-refractivity contribution is 0.0939. The van der Waals surface area contributed by atoms with E-state index in [0.717, 1.165) is 25.3 Å². The van der Waals surface area contributed by atoms with Crippen LogP contribution in [0.3, 0.4) is 0 Å². The van der Waals surface area contributed by atoms with Crippen molar-refractivity contribution in [1.29, 1.82) is 0 Å². The van der Waals surface area contributed by atoms with Crippen molar-refractivity contribution in [1.82, 2.24) is 5.32 Å². The van der Waals surface area contributed by atoms with Crippen LogP contribution in [0.15, 0.2) is 21.5 Å². The van der Waals surface area contributed by atoms with E-state index in [0.29, 0.717) is 6.54 Å². The van der Waals surface area contributed by atoms with Gasteiger partial charge in [-0.05, 0) is 36.8 Å². The number of benzene rings is 1. The fourth-order valence-corrected chi connectivity index (χ4v) is 3.39. The molecule has 3 N–H and O–H groups in total. The second-order valence-electron chi connectivity index (χ2n) is 5.35. The Balaban J connectivity index is 2.27. The van der Waals surface area contributed by atoms with Gasteiger partial charge in [0, 0.05) is 11.0 Å². The lowest BCUT2D eigenvalue weighted by atomic mass is 10.0. The van der Waals surface area contributed by atoms with Gasteiger partial charge in [-0.1, -0.05) is 22.9 Å². The molecule has 5 nitrogen and oxygen atoms in total. The number of sulfonamides is 1. The van der Waals surface area contributed by atoms with E-state index in [1.807, 2.05) is 6.92 Å². The first kappa shape index (κ1) is 16.4. The molecule has 0 saturated heterocycles. The van der Waals surface area contributed by atoms with Crippen molar-refractivity contribution in [2.75, 3.05) is 6.54 Å². The van der Waals surface area contributed by atoms with E-state index in [2.05, 4.69) is 21.2 Å². The summed E-state index contributed by atoms with van der Waals surface area (Å²) in [6, 6.07) is 2.28. The highest BCUT2D eigenvalue weighted by molar-refractivity contribution is 9.10. The predicted molar refractivity (Wildman–Crippen MR) is 79.8 cm³/mol. The van der Waals surface area contributed by atoms with Crippen molar-refractivity contribution < 1.29 is 17.6 Å². The lowest BCUT2D eigenvalue weighted by Gasteiger charge is -2.14. The highest BCUT2D eigenvalue weighted by Crippen LogP contribution is 2.47. The van der Waals surface area contributed by atoms with Crippen LogP contribution in [0.25, 0.3) is 0 Å². The van der Waals surface area contributed by atoms with Gasteiger partial charge in [0.25, 0.3) is 5.91 Å². The third kappa shape index (κ3) is 3.61. The molecule has 1 saturated carbocycles. The summed E-state index contributed by atoms with van der Waals surface area (Å²) in [5, 5.41) is 7.61. The van der Waals surface area contributed by atoms with Gasteiger partial charge in [-0.15, -0.1) is 0 Å². The third-order valence-corrected chi connectivity index (χ3v) is 5.25. The second kappa shape index (κ2) is 5.66. The molecule has 0 unspecified atom stereocenters. The van der Waals surface area contributed by atoms with Gasteiger partial charge in [0.1, 0.15) is 4.90 Å². The van der Waals surface area contributed by atoms with Crippen molar-refractivity contribution in [3.8, 4) is 0 Å². The van der Waals surface area contributed by atoms with E-state index < -0.39 is 26.6 Å². The maximum Gasteiger partial charge on any atom is 0.254 e. The Kier molecular flexibility index (Phi) is 4.41. The van der Waals surface area contributed by atoms with Gasteiger partial charge < -0.3 is 5.32 Å². The van der Waals surface area contributed by atoms with E-state index in [1.165, 1.54) is 6.07 Å². The number of rotatable bonds is 5. The van der Waals surface area contributed by atoms with Crippen molar-refractivity contribution >= 4 is 31.9 Å². The Morgan fingerprint density at radius 3 is 2.57 bits per heavy atom. The molecular weight excluding hydrogens is 363 g/mol. The molecular formula is C13H16BrFN2O3S. The molecule has 116 valence electrons. The van der Waals surface area contributed by atoms with Crippen molar-refractivity contribution in [2.24, 2.45) is 10.6 Å². The summed E-state index contributed by atoms with van der Waals surface area (Å²) >= 11 is 3.06. The van der Waals surface area contributed by atoms with Crippen LogP contribution >= 0.6 is 15.9 Å². The van der Waals surface area contributed by atoms with Gasteiger partial charge in [0.15, 0.2) is 5.82 Å². The Bertz CT molecular complexity index is 687. The fraction of sp³-hybridized carbons (Fsp3) is 0.462. The largest absolute Gasteiger partial charge is 0.351 e. The molecule has 21 heavy (non-hydrogen) atoms. The fourth-order valence-electron chi connectivity index (χ4n) is 2.13. The standard InChI is InChI=1S/C13H16BrFN2O3S/c1-2-13(3-4-13)7-17-12(18)9-5-8(14)6-10(11(9)15)21(16,19)20/h5-6H,2-4,7H2,1H3,(H,17,18)(H2,16,19,20). The van der Waals surface area contributed by atoms with E-state index in [4.69, 9.17) is 5.14 Å². The molecule has 0 aromatic heterocycles. The van der Waals surface area contributed by atoms with Crippen molar-refractivity contribution in [2.45, 2.75) is 31.1 Å². The highest BCUT2D eigenvalue weighted by Gasteiger charge is 2.40. The van der Waals surface area contributed by atoms with E-state index in [9.17, 15) is 17.6 Å². The number of hydrogen-bond acceptors (Lipinski definition) is 3. The first-order valence-corrected chi connectivity index (χ1v) is 8.82. The molecule has 8 heteroatoms. The van der Waals surface area contributed by atoms with Gasteiger partial charge >= 0.3 is 0 Å². The molecule has 2 rings (SSSR count). The summed E-state index contributed by atoms with van der Waals surface area (Å²) in [6.45, 7) is 2.50. The molecule has 1 aliphatic carbocycles. The quantitative estimate of drug-likeness (QED) is 0.822. The highest BCUT2D eigenvalue weighted by atomic mass is 79.9. The third-order valence-electron chi connectivity index (χ3n) is 3.89. The topological polar surface area (TPSA) is 89.3 Å². The zero-order chi connectivity index (χ0) is 15.8. The minimum absolute atomic E-state index is 0.112. The van der Waals surface area contributed by atoms with Crippen molar-refractivity contribution in [3.05, 3.63) is 28.0 Å². The molecule has 1 aliphatic rings. The first-order chi connectivity index (χ1) is 9.68. The Hall–Kier alpha value is -0.990. The second-order valence-corrected chi connectivity index (χ2v) is 7.79. The summed E-state index contributed by atoms with van der Waals surface area (Å²) in [5.74, 6) is -1.77. The van der Waals surface area contributed by atoms with E-state index in [1.54, 1.807) is 0 Å². The molecule has 0 spiro atoms. The maximum atomic E-state index is 14.2. The first-order valence-electron chi connectivity index (χ1n) is 6.48. The summed E-state index contributed by atoms with van der Waals surface area (Å²) in [7, 11) is -4.23. The normalized spacial score (nSPS) is 16.6. The van der Waals surface area contributed by atoms with E-state index >= 15 is 0 Å². The minimum Gasteiger partial charge on any atom is -0.351 e. The Labute approximate surface area is 131 Å². The Morgan fingerprint density at radius 2 is 2.10 bits per heavy atom. The number of primary sulfonamides is 1. The smallest absolute Gasteiger partial charge is 0.254 e. The van der Waals surface area contributed by atoms with Crippen LogP contribution < -0.4 is 10.5 Å². The summed E-state index contributed by atoms with van der Waals surface area (Å²) in [4.78, 5) is 11.4. The maximum absolute atomic E-state index is 14.2. The van der Waals surface area contributed by atoms with Crippen LogP contribution in [-0.2, 0) is 10.0 Å². The van der Waals surface area contributed by atoms with Crippen LogP contribution in [0.5, 0.6) is 0 Å². The Morgan fingerprint density at radius 1 is 1.48 bits per heavy atom. The van der Waals surface area contributed by atoms with Crippen LogP contribution in [0.1, 0.15) is 36.5 Å². The zero-order valence-corrected chi connectivity index (χ0v) is 13.9. The molecule has 0 heterocycles. The number of carbonyl (C=O) groups excluding carboxylic acids is 1. The van der Waals surface area contributed by atoms with Gasteiger partial charge in [-0.25, -0.2) is 17.9 Å². The minimum atomic E-state index is -4.23.